The van der Waals surface area contributed by atoms with E-state index in [9.17, 15) is 4.79 Å². The number of amides is 1. The third kappa shape index (κ3) is 2.93. The fraction of sp³-hybridized carbons (Fsp3) is 0.250. The van der Waals surface area contributed by atoms with Crippen molar-refractivity contribution in [3.05, 3.63) is 40.4 Å². The number of aryl methyl sites for hydroxylation is 1. The first-order valence-corrected chi connectivity index (χ1v) is 6.48. The zero-order valence-corrected chi connectivity index (χ0v) is 12.2. The van der Waals surface area contributed by atoms with Gasteiger partial charge in [0.15, 0.2) is 5.82 Å². The van der Waals surface area contributed by atoms with Gasteiger partial charge in [-0.15, -0.1) is 10.2 Å². The maximum absolute atomic E-state index is 12.1. The number of carbonyl (C=O) groups excluding carboxylic acids is 1. The molecule has 0 bridgehead atoms. The third-order valence-corrected chi connectivity index (χ3v) is 3.43. The van der Waals surface area contributed by atoms with Crippen LogP contribution in [-0.2, 0) is 7.05 Å². The van der Waals surface area contributed by atoms with Crippen molar-refractivity contribution < 1.29 is 4.79 Å². The van der Waals surface area contributed by atoms with Crippen LogP contribution in [0.15, 0.2) is 29.0 Å². The number of halogens is 1. The Labute approximate surface area is 119 Å². The molecule has 100 valence electrons. The highest BCUT2D eigenvalue weighted by Crippen LogP contribution is 2.20. The maximum Gasteiger partial charge on any atom is 0.251 e. The van der Waals surface area contributed by atoms with Crippen LogP contribution in [0.25, 0.3) is 0 Å². The van der Waals surface area contributed by atoms with Crippen molar-refractivity contribution in [2.24, 2.45) is 7.05 Å². The first kappa shape index (κ1) is 13.5. The Morgan fingerprint density at radius 3 is 2.84 bits per heavy atom. The number of benzene rings is 1. The number of nitrogen functional groups attached to an aromatic ring is 1. The van der Waals surface area contributed by atoms with Gasteiger partial charge in [-0.05, 0) is 41.1 Å². The number of carbonyl (C=O) groups is 1. The average molecular weight is 324 g/mol. The first-order chi connectivity index (χ1) is 8.99. The number of rotatable bonds is 3. The Balaban J connectivity index is 2.13. The molecule has 19 heavy (non-hydrogen) atoms. The molecule has 0 fully saturated rings. The van der Waals surface area contributed by atoms with Crippen molar-refractivity contribution in [1.29, 1.82) is 0 Å². The lowest BCUT2D eigenvalue weighted by atomic mass is 10.2. The summed E-state index contributed by atoms with van der Waals surface area (Å²) in [6.07, 6.45) is 1.60. The van der Waals surface area contributed by atoms with Crippen LogP contribution in [0.4, 0.5) is 5.69 Å². The molecule has 1 heterocycles. The highest BCUT2D eigenvalue weighted by Gasteiger charge is 2.15. The third-order valence-electron chi connectivity index (χ3n) is 2.74. The van der Waals surface area contributed by atoms with E-state index in [-0.39, 0.29) is 11.9 Å². The summed E-state index contributed by atoms with van der Waals surface area (Å²) in [5.41, 5.74) is 6.82. The van der Waals surface area contributed by atoms with Gasteiger partial charge in [0.2, 0.25) is 0 Å². The molecule has 0 saturated heterocycles. The highest BCUT2D eigenvalue weighted by atomic mass is 79.9. The van der Waals surface area contributed by atoms with Crippen LogP contribution in [0.3, 0.4) is 0 Å². The van der Waals surface area contributed by atoms with Crippen LogP contribution in [0.2, 0.25) is 0 Å². The fourth-order valence-corrected chi connectivity index (χ4v) is 2.08. The Morgan fingerprint density at radius 2 is 2.26 bits per heavy atom. The van der Waals surface area contributed by atoms with E-state index >= 15 is 0 Å². The summed E-state index contributed by atoms with van der Waals surface area (Å²) in [4.78, 5) is 12.1. The van der Waals surface area contributed by atoms with Crippen molar-refractivity contribution in [2.45, 2.75) is 13.0 Å². The molecule has 0 saturated carbocycles. The second-order valence-corrected chi connectivity index (χ2v) is 5.09. The van der Waals surface area contributed by atoms with E-state index in [4.69, 9.17) is 5.73 Å². The molecular formula is C12H14BrN5O. The van der Waals surface area contributed by atoms with E-state index in [2.05, 4.69) is 31.4 Å². The van der Waals surface area contributed by atoms with Crippen molar-refractivity contribution >= 4 is 27.5 Å². The molecule has 0 aliphatic rings. The summed E-state index contributed by atoms with van der Waals surface area (Å²) < 4.78 is 2.47. The molecule has 2 rings (SSSR count). The smallest absolute Gasteiger partial charge is 0.251 e. The zero-order valence-electron chi connectivity index (χ0n) is 10.6. The standard InChI is InChI=1S/C12H14BrN5O/c1-7(11-17-15-6-18(11)2)16-12(19)8-3-4-10(14)9(13)5-8/h3-7H,14H2,1-2H3,(H,16,19). The number of nitrogens with two attached hydrogens (primary N) is 1. The molecule has 2 aromatic rings. The number of hydrogen-bond donors (Lipinski definition) is 2. The van der Waals surface area contributed by atoms with Crippen LogP contribution in [0, 0.1) is 0 Å². The van der Waals surface area contributed by atoms with Crippen LogP contribution >= 0.6 is 15.9 Å². The Bertz CT molecular complexity index is 610. The van der Waals surface area contributed by atoms with Gasteiger partial charge in [0, 0.05) is 22.8 Å². The quantitative estimate of drug-likeness (QED) is 0.841. The van der Waals surface area contributed by atoms with E-state index in [0.717, 1.165) is 0 Å². The van der Waals surface area contributed by atoms with E-state index in [1.54, 1.807) is 29.1 Å². The number of nitrogens with one attached hydrogen (secondary N) is 1. The predicted molar refractivity (Wildman–Crippen MR) is 75.4 cm³/mol. The van der Waals surface area contributed by atoms with Gasteiger partial charge in [-0.3, -0.25) is 4.79 Å². The number of nitrogens with zero attached hydrogens (tertiary/aromatic N) is 3. The minimum Gasteiger partial charge on any atom is -0.398 e. The number of anilines is 1. The van der Waals surface area contributed by atoms with E-state index in [0.29, 0.717) is 21.5 Å². The average Bonchev–Trinajstić information content (AvgIpc) is 2.79. The van der Waals surface area contributed by atoms with Gasteiger partial charge in [0.25, 0.3) is 5.91 Å². The van der Waals surface area contributed by atoms with E-state index in [1.807, 2.05) is 14.0 Å². The second-order valence-electron chi connectivity index (χ2n) is 4.23. The van der Waals surface area contributed by atoms with Crippen molar-refractivity contribution in [2.75, 3.05) is 5.73 Å². The Kier molecular flexibility index (Phi) is 3.84. The molecule has 1 unspecified atom stereocenters. The maximum atomic E-state index is 12.1. The van der Waals surface area contributed by atoms with E-state index in [1.165, 1.54) is 0 Å². The minimum absolute atomic E-state index is 0.184. The second kappa shape index (κ2) is 5.40. The normalized spacial score (nSPS) is 12.2. The number of aromatic nitrogens is 3. The summed E-state index contributed by atoms with van der Waals surface area (Å²) in [6.45, 7) is 1.86. The molecule has 7 heteroatoms. The summed E-state index contributed by atoms with van der Waals surface area (Å²) in [6, 6.07) is 4.83. The van der Waals surface area contributed by atoms with Crippen LogP contribution in [-0.4, -0.2) is 20.7 Å². The van der Waals surface area contributed by atoms with E-state index < -0.39 is 0 Å². The topological polar surface area (TPSA) is 85.8 Å². The Morgan fingerprint density at radius 1 is 1.53 bits per heavy atom. The van der Waals surface area contributed by atoms with Gasteiger partial charge < -0.3 is 15.6 Å². The molecule has 1 atom stereocenters. The highest BCUT2D eigenvalue weighted by molar-refractivity contribution is 9.10. The molecule has 0 spiro atoms. The van der Waals surface area contributed by atoms with Gasteiger partial charge in [0.05, 0.1) is 6.04 Å². The Hall–Kier alpha value is -1.89. The molecule has 1 aromatic carbocycles. The van der Waals surface area contributed by atoms with Crippen LogP contribution < -0.4 is 11.1 Å². The van der Waals surface area contributed by atoms with Crippen molar-refractivity contribution in [1.82, 2.24) is 20.1 Å². The van der Waals surface area contributed by atoms with Gasteiger partial charge in [-0.1, -0.05) is 0 Å². The molecule has 1 amide bonds. The molecule has 0 radical (unpaired) electrons. The first-order valence-electron chi connectivity index (χ1n) is 5.69. The van der Waals surface area contributed by atoms with Crippen molar-refractivity contribution in [3.63, 3.8) is 0 Å². The summed E-state index contributed by atoms with van der Waals surface area (Å²) >= 11 is 3.30. The fourth-order valence-electron chi connectivity index (χ4n) is 1.70. The molecule has 1 aromatic heterocycles. The zero-order chi connectivity index (χ0) is 14.0. The molecule has 6 nitrogen and oxygen atoms in total. The molecule has 0 aliphatic carbocycles. The lowest BCUT2D eigenvalue weighted by Crippen LogP contribution is -2.28. The predicted octanol–water partition coefficient (Wildman–Crippen LogP) is 1.65. The lowest BCUT2D eigenvalue weighted by Gasteiger charge is -2.13. The van der Waals surface area contributed by atoms with Crippen LogP contribution in [0.5, 0.6) is 0 Å². The molecule has 0 aliphatic heterocycles. The summed E-state index contributed by atoms with van der Waals surface area (Å²) in [7, 11) is 1.83. The largest absolute Gasteiger partial charge is 0.398 e. The van der Waals surface area contributed by atoms with Gasteiger partial charge >= 0.3 is 0 Å². The van der Waals surface area contributed by atoms with Crippen LogP contribution in [0.1, 0.15) is 29.1 Å². The minimum atomic E-state index is -0.226. The summed E-state index contributed by atoms with van der Waals surface area (Å²) in [5.74, 6) is 0.513. The SMILES string of the molecule is CC(NC(=O)c1ccc(N)c(Br)c1)c1nncn1C. The molecular weight excluding hydrogens is 310 g/mol. The van der Waals surface area contributed by atoms with Gasteiger partial charge in [-0.25, -0.2) is 0 Å². The monoisotopic (exact) mass is 323 g/mol. The van der Waals surface area contributed by atoms with Crippen molar-refractivity contribution in [3.8, 4) is 0 Å². The number of hydrogen-bond acceptors (Lipinski definition) is 4. The van der Waals surface area contributed by atoms with Gasteiger partial charge in [-0.2, -0.15) is 0 Å². The van der Waals surface area contributed by atoms with Gasteiger partial charge in [0.1, 0.15) is 6.33 Å². The molecule has 3 N–H and O–H groups in total. The summed E-state index contributed by atoms with van der Waals surface area (Å²) in [5, 5.41) is 10.6. The lowest BCUT2D eigenvalue weighted by molar-refractivity contribution is 0.0937.